The number of rotatable bonds is 8. The quantitative estimate of drug-likeness (QED) is 0.407. The monoisotopic (exact) mass is 523 g/mol. The zero-order valence-corrected chi connectivity index (χ0v) is 21.3. The van der Waals surface area contributed by atoms with Crippen LogP contribution in [0.15, 0.2) is 41.4 Å². The molecular weight excluding hydrogens is 494 g/mol. The number of carbonyl (C=O) groups excluding carboxylic acids is 2. The summed E-state index contributed by atoms with van der Waals surface area (Å²) in [6.45, 7) is -0.0389. The minimum absolute atomic E-state index is 0.00682. The summed E-state index contributed by atoms with van der Waals surface area (Å²) in [6.07, 6.45) is 4.92. The predicted octanol–water partition coefficient (Wildman–Crippen LogP) is 2.74. The van der Waals surface area contributed by atoms with Crippen LogP contribution < -0.4 is 15.4 Å². The van der Waals surface area contributed by atoms with Crippen molar-refractivity contribution in [2.24, 2.45) is 0 Å². The zero-order chi connectivity index (χ0) is 25.8. The summed E-state index contributed by atoms with van der Waals surface area (Å²) in [7, 11) is 1.59. The van der Waals surface area contributed by atoms with Crippen molar-refractivity contribution in [1.29, 1.82) is 0 Å². The highest BCUT2D eigenvalue weighted by Gasteiger charge is 2.32. The molecule has 0 spiro atoms. The van der Waals surface area contributed by atoms with Gasteiger partial charge in [-0.3, -0.25) is 14.6 Å². The second kappa shape index (κ2) is 11.4. The number of anilines is 1. The van der Waals surface area contributed by atoms with Gasteiger partial charge in [-0.15, -0.1) is 11.8 Å². The molecule has 11 heteroatoms. The molecule has 0 saturated carbocycles. The van der Waals surface area contributed by atoms with Gasteiger partial charge in [0.2, 0.25) is 11.8 Å². The van der Waals surface area contributed by atoms with Crippen molar-refractivity contribution in [3.63, 3.8) is 0 Å². The Kier molecular flexibility index (Phi) is 7.82. The van der Waals surface area contributed by atoms with E-state index in [-0.39, 0.29) is 42.4 Å². The van der Waals surface area contributed by atoms with Crippen LogP contribution in [0.5, 0.6) is 5.88 Å². The average molecular weight is 524 g/mol. The van der Waals surface area contributed by atoms with Crippen LogP contribution in [-0.2, 0) is 16.0 Å². The van der Waals surface area contributed by atoms with E-state index in [2.05, 4.69) is 25.6 Å². The van der Waals surface area contributed by atoms with Gasteiger partial charge in [0.05, 0.1) is 47.0 Å². The van der Waals surface area contributed by atoms with E-state index in [0.717, 1.165) is 47.2 Å². The molecule has 1 fully saturated rings. The van der Waals surface area contributed by atoms with Gasteiger partial charge in [0.15, 0.2) is 0 Å². The number of aromatic nitrogens is 3. The Balaban J connectivity index is 1.22. The molecule has 3 atom stereocenters. The van der Waals surface area contributed by atoms with Gasteiger partial charge in [-0.05, 0) is 61.9 Å². The lowest BCUT2D eigenvalue weighted by Gasteiger charge is -2.37. The van der Waals surface area contributed by atoms with Crippen LogP contribution >= 0.6 is 11.8 Å². The van der Waals surface area contributed by atoms with E-state index in [9.17, 15) is 14.7 Å². The number of methoxy groups -OCH3 is 1. The first-order valence-corrected chi connectivity index (χ1v) is 13.3. The maximum Gasteiger partial charge on any atom is 0.270 e. The molecule has 0 bridgehead atoms. The van der Waals surface area contributed by atoms with Gasteiger partial charge < -0.3 is 25.2 Å². The van der Waals surface area contributed by atoms with Crippen molar-refractivity contribution in [3.05, 3.63) is 47.8 Å². The number of fused-ring (bicyclic) bond motifs is 2. The van der Waals surface area contributed by atoms with Crippen molar-refractivity contribution in [2.75, 3.05) is 24.8 Å². The van der Waals surface area contributed by atoms with E-state index in [1.807, 2.05) is 12.1 Å². The number of aliphatic hydroxyl groups excluding tert-OH is 1. The molecule has 2 aliphatic heterocycles. The van der Waals surface area contributed by atoms with Gasteiger partial charge in [-0.2, -0.15) is 0 Å². The van der Waals surface area contributed by atoms with Crippen LogP contribution in [0.4, 0.5) is 5.82 Å². The largest absolute Gasteiger partial charge is 0.481 e. The van der Waals surface area contributed by atoms with Crippen LogP contribution in [0.1, 0.15) is 41.7 Å². The molecule has 0 aliphatic carbocycles. The Labute approximate surface area is 218 Å². The maximum absolute atomic E-state index is 13.0. The van der Waals surface area contributed by atoms with Crippen molar-refractivity contribution in [3.8, 4) is 5.88 Å². The van der Waals surface area contributed by atoms with Crippen LogP contribution in [0.2, 0.25) is 0 Å². The van der Waals surface area contributed by atoms with E-state index in [1.54, 1.807) is 31.5 Å². The highest BCUT2D eigenvalue weighted by atomic mass is 32.2. The molecule has 0 unspecified atom stereocenters. The normalized spacial score (nSPS) is 21.2. The molecule has 5 heterocycles. The van der Waals surface area contributed by atoms with E-state index < -0.39 is 0 Å². The Bertz CT molecular complexity index is 1310. The molecule has 194 valence electrons. The summed E-state index contributed by atoms with van der Waals surface area (Å²) >= 11 is 1.40. The Morgan fingerprint density at radius 1 is 1.22 bits per heavy atom. The molecule has 3 aromatic rings. The SMILES string of the molecule is COc1ccc2nccc(CC[C@@H]3CC[C@@H](NC(=O)c4ccc5c(n4)NC(=O)CS5)[C@@H](CCO)O3)c2n1. The topological polar surface area (TPSA) is 136 Å². The van der Waals surface area contributed by atoms with Crippen molar-refractivity contribution >= 4 is 40.4 Å². The summed E-state index contributed by atoms with van der Waals surface area (Å²) in [5.74, 6) is 0.840. The van der Waals surface area contributed by atoms with Crippen LogP contribution in [0.3, 0.4) is 0 Å². The number of thioether (sulfide) groups is 1. The number of aliphatic hydroxyl groups is 1. The summed E-state index contributed by atoms with van der Waals surface area (Å²) < 4.78 is 11.6. The first kappa shape index (κ1) is 25.4. The number of hydrogen-bond acceptors (Lipinski definition) is 9. The van der Waals surface area contributed by atoms with E-state index in [1.165, 1.54) is 11.8 Å². The first-order valence-electron chi connectivity index (χ1n) is 12.3. The Morgan fingerprint density at radius 3 is 2.95 bits per heavy atom. The van der Waals surface area contributed by atoms with Crippen molar-refractivity contribution in [2.45, 2.75) is 55.2 Å². The highest BCUT2D eigenvalue weighted by Crippen LogP contribution is 2.30. The first-order chi connectivity index (χ1) is 18.0. The molecule has 3 aromatic heterocycles. The minimum atomic E-state index is -0.328. The van der Waals surface area contributed by atoms with Gasteiger partial charge in [-0.1, -0.05) is 0 Å². The molecule has 1 saturated heterocycles. The average Bonchev–Trinajstić information content (AvgIpc) is 2.92. The number of nitrogens with one attached hydrogen (secondary N) is 2. The molecule has 2 amide bonds. The van der Waals surface area contributed by atoms with Gasteiger partial charge in [0.25, 0.3) is 5.91 Å². The van der Waals surface area contributed by atoms with E-state index in [0.29, 0.717) is 23.9 Å². The van der Waals surface area contributed by atoms with Gasteiger partial charge in [0, 0.05) is 18.9 Å². The zero-order valence-electron chi connectivity index (χ0n) is 20.5. The van der Waals surface area contributed by atoms with E-state index in [4.69, 9.17) is 9.47 Å². The number of ether oxygens (including phenoxy) is 2. The van der Waals surface area contributed by atoms with Gasteiger partial charge >= 0.3 is 0 Å². The lowest BCUT2D eigenvalue weighted by atomic mass is 9.93. The fourth-order valence-corrected chi connectivity index (χ4v) is 5.52. The molecule has 3 N–H and O–H groups in total. The number of nitrogens with zero attached hydrogens (tertiary/aromatic N) is 3. The summed E-state index contributed by atoms with van der Waals surface area (Å²) in [4.78, 5) is 38.8. The molecule has 0 aromatic carbocycles. The van der Waals surface area contributed by atoms with Gasteiger partial charge in [-0.25, -0.2) is 9.97 Å². The summed E-state index contributed by atoms with van der Waals surface area (Å²) in [5, 5.41) is 15.4. The second-order valence-electron chi connectivity index (χ2n) is 9.08. The Morgan fingerprint density at radius 2 is 2.11 bits per heavy atom. The molecule has 2 aliphatic rings. The molecule has 37 heavy (non-hydrogen) atoms. The third-order valence-electron chi connectivity index (χ3n) is 6.64. The van der Waals surface area contributed by atoms with Crippen LogP contribution in [0, 0.1) is 0 Å². The van der Waals surface area contributed by atoms with Crippen LogP contribution in [-0.4, -0.2) is 69.6 Å². The minimum Gasteiger partial charge on any atom is -0.481 e. The summed E-state index contributed by atoms with van der Waals surface area (Å²) in [6, 6.07) is 8.88. The van der Waals surface area contributed by atoms with Crippen molar-refractivity contribution in [1.82, 2.24) is 20.3 Å². The number of carbonyl (C=O) groups is 2. The third-order valence-corrected chi connectivity index (χ3v) is 7.69. The molecule has 0 radical (unpaired) electrons. The second-order valence-corrected chi connectivity index (χ2v) is 10.1. The van der Waals surface area contributed by atoms with Gasteiger partial charge in [0.1, 0.15) is 11.5 Å². The molecule has 10 nitrogen and oxygen atoms in total. The smallest absolute Gasteiger partial charge is 0.270 e. The predicted molar refractivity (Wildman–Crippen MR) is 139 cm³/mol. The number of pyridine rings is 3. The number of aryl methyl sites for hydroxylation is 1. The lowest BCUT2D eigenvalue weighted by molar-refractivity contribution is -0.113. The van der Waals surface area contributed by atoms with Crippen molar-refractivity contribution < 1.29 is 24.2 Å². The molecule has 5 rings (SSSR count). The lowest BCUT2D eigenvalue weighted by Crippen LogP contribution is -2.50. The Hall–Kier alpha value is -3.28. The third kappa shape index (κ3) is 5.84. The fourth-order valence-electron chi connectivity index (χ4n) is 4.76. The number of hydrogen-bond donors (Lipinski definition) is 3. The fraction of sp³-hybridized carbons (Fsp3) is 0.423. The standard InChI is InChI=1S/C26H29N5O5S/c1-35-23-9-7-18-24(31-23)15(10-12-27-18)2-3-16-4-5-17(20(36-16)11-13-32)29-26(34)19-6-8-21-25(28-19)30-22(33)14-37-21/h6-10,12,16-17,20,32H,2-5,11,13-14H2,1H3,(H,29,34)(H,28,30,33)/t16-,17-,20-/m1/s1. The molecular formula is C26H29N5O5S. The summed E-state index contributed by atoms with van der Waals surface area (Å²) in [5.41, 5.74) is 2.95. The van der Waals surface area contributed by atoms with Crippen LogP contribution in [0.25, 0.3) is 11.0 Å². The number of amides is 2. The maximum atomic E-state index is 13.0. The van der Waals surface area contributed by atoms with E-state index >= 15 is 0 Å². The highest BCUT2D eigenvalue weighted by molar-refractivity contribution is 8.00.